The van der Waals surface area contributed by atoms with Crippen LogP contribution in [-0.4, -0.2) is 32.5 Å². The number of hydrogen-bond acceptors (Lipinski definition) is 4. The molecule has 0 aliphatic rings. The number of rotatable bonds is 6. The maximum Gasteiger partial charge on any atom is 0.374 e. The minimum absolute atomic E-state index is 0.0384. The maximum atomic E-state index is 11.1. The average molecular weight is 260 g/mol. The molecule has 0 fully saturated rings. The molecule has 0 bridgehead atoms. The zero-order valence-electron chi connectivity index (χ0n) is 11.7. The van der Waals surface area contributed by atoms with Crippen molar-refractivity contribution in [2.24, 2.45) is 0 Å². The quantitative estimate of drug-likeness (QED) is 0.418. The molecule has 5 heteroatoms. The zero-order valence-corrected chi connectivity index (χ0v) is 12.7. The van der Waals surface area contributed by atoms with Crippen LogP contribution < -0.4 is 0 Å². The molecule has 0 aliphatic heterocycles. The van der Waals surface area contributed by atoms with Crippen LogP contribution >= 0.6 is 0 Å². The monoisotopic (exact) mass is 260 g/mol. The van der Waals surface area contributed by atoms with Crippen LogP contribution in [0.1, 0.15) is 34.6 Å². The van der Waals surface area contributed by atoms with E-state index in [0.29, 0.717) is 0 Å². The van der Waals surface area contributed by atoms with Gasteiger partial charge in [0.1, 0.15) is 6.23 Å². The van der Waals surface area contributed by atoms with Crippen molar-refractivity contribution >= 4 is 14.5 Å². The van der Waals surface area contributed by atoms with Gasteiger partial charge in [0.05, 0.1) is 5.60 Å². The van der Waals surface area contributed by atoms with Gasteiger partial charge in [0.15, 0.2) is 0 Å². The molecular weight excluding hydrogens is 236 g/mol. The molecule has 0 aliphatic carbocycles. The lowest BCUT2D eigenvalue weighted by Gasteiger charge is -2.35. The van der Waals surface area contributed by atoms with Crippen molar-refractivity contribution in [3.8, 4) is 0 Å². The van der Waals surface area contributed by atoms with Gasteiger partial charge in [-0.15, -0.1) is 0 Å². The van der Waals surface area contributed by atoms with E-state index in [0.717, 1.165) is 6.08 Å². The highest BCUT2D eigenvalue weighted by Gasteiger charge is 2.38. The maximum absolute atomic E-state index is 11.1. The molecule has 17 heavy (non-hydrogen) atoms. The summed E-state index contributed by atoms with van der Waals surface area (Å²) in [6.45, 7) is 15.0. The van der Waals surface area contributed by atoms with E-state index in [-0.39, 0.29) is 17.9 Å². The van der Waals surface area contributed by atoms with Gasteiger partial charge in [-0.1, -0.05) is 6.58 Å². The van der Waals surface area contributed by atoms with Crippen molar-refractivity contribution in [3.63, 3.8) is 0 Å². The van der Waals surface area contributed by atoms with Gasteiger partial charge >= 0.3 is 14.5 Å². The zero-order chi connectivity index (χ0) is 13.7. The third-order valence-corrected chi connectivity index (χ3v) is 4.33. The summed E-state index contributed by atoms with van der Waals surface area (Å²) >= 11 is 0. The van der Waals surface area contributed by atoms with E-state index in [4.69, 9.17) is 13.6 Å². The molecule has 0 aromatic carbocycles. The molecule has 0 saturated heterocycles. The SMILES string of the molecule is C=CC(=O)OC[Si](C)(OC(C)C)OC(C)(C)C. The van der Waals surface area contributed by atoms with Crippen LogP contribution in [0.25, 0.3) is 0 Å². The molecule has 1 atom stereocenters. The molecule has 0 spiro atoms. The van der Waals surface area contributed by atoms with Crippen LogP contribution in [0.5, 0.6) is 0 Å². The molecule has 0 amide bonds. The highest BCUT2D eigenvalue weighted by Crippen LogP contribution is 2.20. The van der Waals surface area contributed by atoms with Crippen molar-refractivity contribution in [1.29, 1.82) is 0 Å². The fourth-order valence-electron chi connectivity index (χ4n) is 1.49. The van der Waals surface area contributed by atoms with Crippen molar-refractivity contribution in [2.45, 2.75) is 52.9 Å². The molecule has 0 saturated carbocycles. The van der Waals surface area contributed by atoms with E-state index in [1.54, 1.807) is 0 Å². The summed E-state index contributed by atoms with van der Waals surface area (Å²) in [5, 5.41) is 0. The van der Waals surface area contributed by atoms with Crippen LogP contribution in [0.15, 0.2) is 12.7 Å². The van der Waals surface area contributed by atoms with Gasteiger partial charge in [-0.2, -0.15) is 0 Å². The Balaban J connectivity index is 4.60. The first-order valence-electron chi connectivity index (χ1n) is 5.75. The Morgan fingerprint density at radius 1 is 1.41 bits per heavy atom. The Kier molecular flexibility index (Phi) is 6.08. The highest BCUT2D eigenvalue weighted by molar-refractivity contribution is 6.66. The molecule has 0 radical (unpaired) electrons. The summed E-state index contributed by atoms with van der Waals surface area (Å²) in [6, 6.07) is 0. The van der Waals surface area contributed by atoms with Crippen molar-refractivity contribution in [2.75, 3.05) is 6.23 Å². The second kappa shape index (κ2) is 6.33. The van der Waals surface area contributed by atoms with Gasteiger partial charge in [0.2, 0.25) is 0 Å². The number of ether oxygens (including phenoxy) is 1. The third kappa shape index (κ3) is 8.12. The van der Waals surface area contributed by atoms with Gasteiger partial charge in [-0.25, -0.2) is 4.79 Å². The van der Waals surface area contributed by atoms with E-state index >= 15 is 0 Å². The Labute approximate surface area is 105 Å². The first kappa shape index (κ1) is 16.3. The fourth-order valence-corrected chi connectivity index (χ4v) is 4.37. The summed E-state index contributed by atoms with van der Waals surface area (Å²) < 4.78 is 16.8. The summed E-state index contributed by atoms with van der Waals surface area (Å²) in [5.74, 6) is -0.450. The summed E-state index contributed by atoms with van der Waals surface area (Å²) in [5.41, 5.74) is -0.323. The number of carbonyl (C=O) groups is 1. The minimum atomic E-state index is -2.52. The van der Waals surface area contributed by atoms with E-state index in [9.17, 15) is 4.79 Å². The number of hydrogen-bond donors (Lipinski definition) is 0. The predicted octanol–water partition coefficient (Wildman–Crippen LogP) is 2.57. The molecule has 0 heterocycles. The van der Waals surface area contributed by atoms with Crippen LogP contribution in [0.3, 0.4) is 0 Å². The van der Waals surface area contributed by atoms with Gasteiger partial charge in [0.25, 0.3) is 0 Å². The Bertz CT molecular complexity index is 270. The lowest BCUT2D eigenvalue weighted by Crippen LogP contribution is -2.51. The Morgan fingerprint density at radius 2 is 1.94 bits per heavy atom. The highest BCUT2D eigenvalue weighted by atomic mass is 28.4. The number of esters is 1. The molecular formula is C12H24O4Si. The largest absolute Gasteiger partial charge is 0.461 e. The second-order valence-electron chi connectivity index (χ2n) is 5.33. The number of carbonyl (C=O) groups excluding carboxylic acids is 1. The van der Waals surface area contributed by atoms with Gasteiger partial charge in [-0.05, 0) is 41.2 Å². The van der Waals surface area contributed by atoms with Gasteiger partial charge in [-0.3, -0.25) is 0 Å². The third-order valence-electron chi connectivity index (χ3n) is 1.65. The molecule has 4 nitrogen and oxygen atoms in total. The lowest BCUT2D eigenvalue weighted by atomic mass is 10.2. The van der Waals surface area contributed by atoms with Crippen LogP contribution in [0, 0.1) is 0 Å². The first-order valence-corrected chi connectivity index (χ1v) is 8.27. The molecule has 0 N–H and O–H groups in total. The summed E-state index contributed by atoms with van der Waals surface area (Å²) in [6.07, 6.45) is 1.35. The normalized spacial score (nSPS) is 15.5. The van der Waals surface area contributed by atoms with Crippen molar-refractivity contribution in [1.82, 2.24) is 0 Å². The molecule has 100 valence electrons. The second-order valence-corrected chi connectivity index (χ2v) is 8.32. The standard InChI is InChI=1S/C12H24O4Si/c1-8-11(13)14-9-17(7,15-10(2)3)16-12(4,5)6/h8,10H,1,9H2,2-7H3. The van der Waals surface area contributed by atoms with Crippen molar-refractivity contribution < 1.29 is 18.4 Å². The van der Waals surface area contributed by atoms with E-state index in [1.165, 1.54) is 0 Å². The smallest absolute Gasteiger partial charge is 0.374 e. The van der Waals surface area contributed by atoms with Gasteiger partial charge in [0, 0.05) is 12.2 Å². The summed E-state index contributed by atoms with van der Waals surface area (Å²) in [4.78, 5) is 11.1. The topological polar surface area (TPSA) is 44.8 Å². The van der Waals surface area contributed by atoms with E-state index < -0.39 is 14.5 Å². The molecule has 0 aromatic rings. The predicted molar refractivity (Wildman–Crippen MR) is 69.8 cm³/mol. The van der Waals surface area contributed by atoms with E-state index in [1.807, 2.05) is 41.2 Å². The van der Waals surface area contributed by atoms with Crippen LogP contribution in [0.4, 0.5) is 0 Å². The summed E-state index contributed by atoms with van der Waals surface area (Å²) in [7, 11) is -2.52. The molecule has 1 unspecified atom stereocenters. The Hall–Kier alpha value is -0.653. The van der Waals surface area contributed by atoms with E-state index in [2.05, 4.69) is 6.58 Å². The van der Waals surface area contributed by atoms with Crippen LogP contribution in [-0.2, 0) is 18.4 Å². The van der Waals surface area contributed by atoms with Crippen LogP contribution in [0.2, 0.25) is 6.55 Å². The minimum Gasteiger partial charge on any atom is -0.461 e. The first-order chi connectivity index (χ1) is 7.58. The van der Waals surface area contributed by atoms with Gasteiger partial charge < -0.3 is 13.6 Å². The molecule has 0 rings (SSSR count). The molecule has 0 aromatic heterocycles. The van der Waals surface area contributed by atoms with Crippen molar-refractivity contribution in [3.05, 3.63) is 12.7 Å². The fraction of sp³-hybridized carbons (Fsp3) is 0.750. The Morgan fingerprint density at radius 3 is 2.29 bits per heavy atom. The average Bonchev–Trinajstić information content (AvgIpc) is 2.09. The lowest BCUT2D eigenvalue weighted by molar-refractivity contribution is -0.137.